The van der Waals surface area contributed by atoms with Crippen molar-refractivity contribution in [3.8, 4) is 11.5 Å². The highest BCUT2D eigenvalue weighted by Crippen LogP contribution is 2.40. The molecule has 20 heteroatoms. The van der Waals surface area contributed by atoms with Gasteiger partial charge in [-0.15, -0.1) is 23.1 Å². The molecule has 4 rings (SSSR count). The van der Waals surface area contributed by atoms with Gasteiger partial charge in [0.25, 0.3) is 11.8 Å². The molecule has 1 aromatic heterocycles. The Kier molecular flexibility index (Phi) is 11.3. The Balaban J connectivity index is 1.44. The first kappa shape index (κ1) is 37.1. The van der Waals surface area contributed by atoms with Gasteiger partial charge < -0.3 is 40.3 Å². The molecule has 0 saturated carbocycles. The molecule has 2 aliphatic heterocycles. The number of aromatic nitrogens is 1. The smallest absolute Gasteiger partial charge is 0.352 e. The fraction of sp³-hybridized carbons (Fsp3) is 0.300. The third-order valence-electron chi connectivity index (χ3n) is 6.66. The zero-order chi connectivity index (χ0) is 36.9. The van der Waals surface area contributed by atoms with E-state index in [0.29, 0.717) is 0 Å². The summed E-state index contributed by atoms with van der Waals surface area (Å²) in [6, 6.07) is 2.52. The number of amides is 2. The minimum absolute atomic E-state index is 0.0325. The predicted molar refractivity (Wildman–Crippen MR) is 174 cm³/mol. The lowest BCUT2D eigenvalue weighted by molar-refractivity contribution is -0.161. The Bertz CT molecular complexity index is 1870. The van der Waals surface area contributed by atoms with Crippen molar-refractivity contribution in [1.29, 1.82) is 0 Å². The number of nitrogens with zero attached hydrogens (tertiary/aromatic N) is 3. The number of hydrogen-bond donors (Lipinski definition) is 4. The van der Waals surface area contributed by atoms with Crippen molar-refractivity contribution in [2.24, 2.45) is 5.16 Å². The van der Waals surface area contributed by atoms with Crippen LogP contribution in [0.4, 0.5) is 5.13 Å². The highest BCUT2D eigenvalue weighted by Gasteiger charge is 2.54. The largest absolute Gasteiger partial charge is 0.478 e. The number of allylic oxidation sites excluding steroid dienone is 1. The average molecular weight is 732 g/mol. The molecule has 1 saturated heterocycles. The number of anilines is 1. The summed E-state index contributed by atoms with van der Waals surface area (Å²) in [5.74, 6) is -6.85. The van der Waals surface area contributed by atoms with Gasteiger partial charge in [-0.1, -0.05) is 11.2 Å². The fourth-order valence-corrected chi connectivity index (χ4v) is 6.15. The molecule has 18 nitrogen and oxygen atoms in total. The number of benzene rings is 1. The highest BCUT2D eigenvalue weighted by atomic mass is 32.2. The molecule has 0 aliphatic carbocycles. The molecule has 2 atom stereocenters. The number of carboxylic acid groups (broad SMARTS) is 2. The number of β-lactam (4-membered cyclic amide) rings is 1. The maximum absolute atomic E-state index is 13.3. The standard InChI is InChI=1S/C30H29N5O13S2/c1-13(36)46-18-8-7-15(10-19(18)47-14(2)37)27(42)45-9-5-6-16-11-49-25-21(24(39)35(25)22(16)26(40)41)33-23(38)20(17-12-50-29(31)32-17)34-48-30(3,4)28(43)44/h5-8,10,12,21,25H,9,11H2,1-4H3,(H2,31,32)(H,33,38)(H,40,41)(H,43,44)/b6-5+,34-20-. The monoisotopic (exact) mass is 731 g/mol. The molecule has 0 spiro atoms. The van der Waals surface area contributed by atoms with Crippen molar-refractivity contribution < 1.29 is 62.8 Å². The van der Waals surface area contributed by atoms with Gasteiger partial charge in [0.1, 0.15) is 29.4 Å². The summed E-state index contributed by atoms with van der Waals surface area (Å²) in [7, 11) is 0. The van der Waals surface area contributed by atoms with Crippen LogP contribution < -0.4 is 20.5 Å². The molecule has 5 N–H and O–H groups in total. The zero-order valence-corrected chi connectivity index (χ0v) is 28.3. The molecule has 1 fully saturated rings. The van der Waals surface area contributed by atoms with Gasteiger partial charge in [0.15, 0.2) is 22.3 Å². The summed E-state index contributed by atoms with van der Waals surface area (Å²) in [5, 5.41) is 26.1. The lowest BCUT2D eigenvalue weighted by Gasteiger charge is -2.49. The number of thioether (sulfide) groups is 1. The van der Waals surface area contributed by atoms with Gasteiger partial charge >= 0.3 is 29.8 Å². The van der Waals surface area contributed by atoms with Crippen LogP contribution in [0.3, 0.4) is 0 Å². The molecule has 3 heterocycles. The summed E-state index contributed by atoms with van der Waals surface area (Å²) in [6.07, 6.45) is 2.74. The van der Waals surface area contributed by atoms with Gasteiger partial charge in [-0.2, -0.15) is 0 Å². The number of rotatable bonds is 13. The number of ether oxygens (including phenoxy) is 3. The van der Waals surface area contributed by atoms with Crippen LogP contribution in [0, 0.1) is 0 Å². The van der Waals surface area contributed by atoms with E-state index in [0.717, 1.165) is 47.9 Å². The lowest BCUT2D eigenvalue weighted by Crippen LogP contribution is -2.71. The first-order chi connectivity index (χ1) is 23.5. The van der Waals surface area contributed by atoms with Crippen LogP contribution >= 0.6 is 23.1 Å². The molecule has 2 aliphatic rings. The van der Waals surface area contributed by atoms with Gasteiger partial charge in [0.05, 0.1) is 5.56 Å². The normalized spacial score (nSPS) is 17.4. The Morgan fingerprint density at radius 3 is 2.40 bits per heavy atom. The molecule has 1 aromatic carbocycles. The number of thiazole rings is 1. The van der Waals surface area contributed by atoms with E-state index in [1.807, 2.05) is 0 Å². The second-order valence-electron chi connectivity index (χ2n) is 10.8. The van der Waals surface area contributed by atoms with E-state index < -0.39 is 64.4 Å². The molecule has 2 amide bonds. The number of oxime groups is 1. The van der Waals surface area contributed by atoms with Crippen LogP contribution in [0.2, 0.25) is 0 Å². The van der Waals surface area contributed by atoms with E-state index in [9.17, 15) is 43.8 Å². The third kappa shape index (κ3) is 8.44. The molecular weight excluding hydrogens is 702 g/mol. The van der Waals surface area contributed by atoms with Crippen molar-refractivity contribution >= 4 is 75.6 Å². The van der Waals surface area contributed by atoms with Gasteiger partial charge in [-0.05, 0) is 43.7 Å². The second-order valence-corrected chi connectivity index (χ2v) is 12.8. The molecule has 2 unspecified atom stereocenters. The second kappa shape index (κ2) is 15.2. The van der Waals surface area contributed by atoms with Crippen molar-refractivity contribution in [2.75, 3.05) is 18.1 Å². The van der Waals surface area contributed by atoms with E-state index in [2.05, 4.69) is 15.5 Å². The molecule has 0 radical (unpaired) electrons. The van der Waals surface area contributed by atoms with Crippen molar-refractivity contribution in [1.82, 2.24) is 15.2 Å². The number of hydrogen-bond acceptors (Lipinski definition) is 16. The maximum atomic E-state index is 13.3. The molecule has 264 valence electrons. The van der Waals surface area contributed by atoms with Crippen molar-refractivity contribution in [3.63, 3.8) is 0 Å². The lowest BCUT2D eigenvalue weighted by atomic mass is 10.0. The summed E-state index contributed by atoms with van der Waals surface area (Å²) in [4.78, 5) is 95.6. The molecule has 50 heavy (non-hydrogen) atoms. The van der Waals surface area contributed by atoms with E-state index in [1.165, 1.54) is 43.5 Å². The van der Waals surface area contributed by atoms with E-state index in [1.54, 1.807) is 0 Å². The third-order valence-corrected chi connectivity index (χ3v) is 8.64. The Morgan fingerprint density at radius 1 is 1.12 bits per heavy atom. The first-order valence-corrected chi connectivity index (χ1v) is 16.2. The van der Waals surface area contributed by atoms with Crippen LogP contribution in [0.15, 0.2) is 52.2 Å². The molecular formula is C30H29N5O13S2. The topological polar surface area (TPSA) is 263 Å². The van der Waals surface area contributed by atoms with E-state index in [4.69, 9.17) is 24.8 Å². The zero-order valence-electron chi connectivity index (χ0n) is 26.7. The van der Waals surface area contributed by atoms with Crippen LogP contribution in [-0.2, 0) is 38.3 Å². The van der Waals surface area contributed by atoms with E-state index in [-0.39, 0.29) is 51.5 Å². The maximum Gasteiger partial charge on any atom is 0.352 e. The van der Waals surface area contributed by atoms with Crippen LogP contribution in [-0.4, -0.2) is 96.8 Å². The SMILES string of the molecule is CC(=O)Oc1ccc(C(=O)OC/C=C/C2=C(C(=O)O)N3C(=O)C(NC(=O)/C(=N\OC(C)(C)C(=O)O)c4csc(N)n4)C3SC2)cc1OC(C)=O. The number of carboxylic acids is 2. The highest BCUT2D eigenvalue weighted by molar-refractivity contribution is 8.00. The molecule has 0 bridgehead atoms. The van der Waals surface area contributed by atoms with Gasteiger partial charge in [-0.3, -0.25) is 24.1 Å². The van der Waals surface area contributed by atoms with Gasteiger partial charge in [-0.25, -0.2) is 19.4 Å². The number of carbonyl (C=O) groups is 7. The van der Waals surface area contributed by atoms with Gasteiger partial charge in [0.2, 0.25) is 5.60 Å². The number of carbonyl (C=O) groups excluding carboxylic acids is 5. The summed E-state index contributed by atoms with van der Waals surface area (Å²) < 4.78 is 15.2. The predicted octanol–water partition coefficient (Wildman–Crippen LogP) is 1.31. The number of esters is 3. The number of nitrogens with one attached hydrogen (secondary N) is 1. The Morgan fingerprint density at radius 2 is 1.80 bits per heavy atom. The minimum atomic E-state index is -1.81. The van der Waals surface area contributed by atoms with Crippen molar-refractivity contribution in [3.05, 3.63) is 58.3 Å². The van der Waals surface area contributed by atoms with Crippen LogP contribution in [0.1, 0.15) is 43.7 Å². The first-order valence-electron chi connectivity index (χ1n) is 14.3. The Labute approximate surface area is 290 Å². The van der Waals surface area contributed by atoms with Gasteiger partial charge in [0, 0.05) is 25.0 Å². The minimum Gasteiger partial charge on any atom is -0.478 e. The van der Waals surface area contributed by atoms with Crippen LogP contribution in [0.5, 0.6) is 11.5 Å². The summed E-state index contributed by atoms with van der Waals surface area (Å²) in [5.41, 5.74) is 3.23. The number of nitrogens with two attached hydrogens (primary N) is 1. The fourth-order valence-electron chi connectivity index (χ4n) is 4.29. The van der Waals surface area contributed by atoms with Crippen LogP contribution in [0.25, 0.3) is 0 Å². The van der Waals surface area contributed by atoms with E-state index >= 15 is 0 Å². The summed E-state index contributed by atoms with van der Waals surface area (Å²) >= 11 is 2.13. The quantitative estimate of drug-likeness (QED) is 0.0744. The average Bonchev–Trinajstić information content (AvgIpc) is 3.46. The number of aliphatic carboxylic acids is 2. The number of nitrogen functional groups attached to an aromatic ring is 1. The Hall–Kier alpha value is -5.76. The summed E-state index contributed by atoms with van der Waals surface area (Å²) in [6.45, 7) is 4.38. The number of fused-ring (bicyclic) bond motifs is 1. The van der Waals surface area contributed by atoms with Crippen molar-refractivity contribution in [2.45, 2.75) is 44.7 Å². The molecule has 2 aromatic rings.